The average molecular weight is 302 g/mol. The first kappa shape index (κ1) is 17.6. The summed E-state index contributed by atoms with van der Waals surface area (Å²) in [6.07, 6.45) is 1.64. The minimum atomic E-state index is -0.541. The van der Waals surface area contributed by atoms with Crippen LogP contribution in [0.4, 0.5) is 0 Å². The van der Waals surface area contributed by atoms with Crippen molar-refractivity contribution in [3.05, 3.63) is 29.8 Å². The first-order chi connectivity index (χ1) is 10.6. The van der Waals surface area contributed by atoms with Gasteiger partial charge in [-0.25, -0.2) is 0 Å². The quantitative estimate of drug-likeness (QED) is 0.752. The maximum atomic E-state index is 11.7. The number of nitrogens with one attached hydrogen (secondary N) is 1. The molecular formula is C17H22N2O3. The SMILES string of the molecule is CCC(CC)C(=O)NCC#CCOc1ccccc1C(N)=O. The lowest BCUT2D eigenvalue weighted by Crippen LogP contribution is -2.30. The first-order valence-corrected chi connectivity index (χ1v) is 7.35. The Morgan fingerprint density at radius 3 is 2.55 bits per heavy atom. The molecule has 1 aromatic rings. The number of primary amides is 1. The lowest BCUT2D eigenvalue weighted by Gasteiger charge is -2.10. The second kappa shape index (κ2) is 9.46. The number of rotatable bonds is 7. The highest BCUT2D eigenvalue weighted by atomic mass is 16.5. The molecule has 0 aliphatic rings. The summed E-state index contributed by atoms with van der Waals surface area (Å²) in [6, 6.07) is 6.73. The second-order valence-electron chi connectivity index (χ2n) is 4.73. The van der Waals surface area contributed by atoms with E-state index < -0.39 is 5.91 Å². The molecule has 0 unspecified atom stereocenters. The number of para-hydroxylation sites is 1. The van der Waals surface area contributed by atoms with Gasteiger partial charge in [-0.2, -0.15) is 0 Å². The monoisotopic (exact) mass is 302 g/mol. The highest BCUT2D eigenvalue weighted by Gasteiger charge is 2.12. The van der Waals surface area contributed by atoms with Crippen LogP contribution in [0.5, 0.6) is 5.75 Å². The zero-order valence-corrected chi connectivity index (χ0v) is 13.0. The molecule has 0 bridgehead atoms. The lowest BCUT2D eigenvalue weighted by atomic mass is 10.0. The van der Waals surface area contributed by atoms with Crippen LogP contribution in [0.2, 0.25) is 0 Å². The number of ether oxygens (including phenoxy) is 1. The number of carbonyl (C=O) groups excluding carboxylic acids is 2. The third-order valence-corrected chi connectivity index (χ3v) is 3.28. The Morgan fingerprint density at radius 1 is 1.23 bits per heavy atom. The minimum absolute atomic E-state index is 0.0271. The van der Waals surface area contributed by atoms with Crippen molar-refractivity contribution < 1.29 is 14.3 Å². The van der Waals surface area contributed by atoms with Gasteiger partial charge in [-0.1, -0.05) is 37.8 Å². The van der Waals surface area contributed by atoms with Gasteiger partial charge in [0.05, 0.1) is 12.1 Å². The summed E-state index contributed by atoms with van der Waals surface area (Å²) in [6.45, 7) is 4.40. The molecule has 0 heterocycles. The van der Waals surface area contributed by atoms with E-state index in [9.17, 15) is 9.59 Å². The molecule has 0 radical (unpaired) electrons. The molecule has 1 rings (SSSR count). The molecule has 0 saturated heterocycles. The molecular weight excluding hydrogens is 280 g/mol. The van der Waals surface area contributed by atoms with E-state index in [2.05, 4.69) is 17.2 Å². The van der Waals surface area contributed by atoms with Gasteiger partial charge in [-0.3, -0.25) is 9.59 Å². The van der Waals surface area contributed by atoms with E-state index in [0.29, 0.717) is 11.3 Å². The molecule has 0 spiro atoms. The van der Waals surface area contributed by atoms with Crippen LogP contribution in [0.1, 0.15) is 37.0 Å². The number of hydrogen-bond acceptors (Lipinski definition) is 3. The van der Waals surface area contributed by atoms with Crippen molar-refractivity contribution in [3.63, 3.8) is 0 Å². The fourth-order valence-corrected chi connectivity index (χ4v) is 1.96. The van der Waals surface area contributed by atoms with E-state index in [1.54, 1.807) is 24.3 Å². The van der Waals surface area contributed by atoms with Gasteiger partial charge in [0.15, 0.2) is 0 Å². The van der Waals surface area contributed by atoms with Gasteiger partial charge in [0.1, 0.15) is 12.4 Å². The average Bonchev–Trinajstić information content (AvgIpc) is 2.52. The number of benzene rings is 1. The summed E-state index contributed by atoms with van der Waals surface area (Å²) in [7, 11) is 0. The summed E-state index contributed by atoms with van der Waals surface area (Å²) < 4.78 is 5.41. The van der Waals surface area contributed by atoms with Gasteiger partial charge < -0.3 is 15.8 Å². The lowest BCUT2D eigenvalue weighted by molar-refractivity contribution is -0.124. The highest BCUT2D eigenvalue weighted by Crippen LogP contribution is 2.16. The highest BCUT2D eigenvalue weighted by molar-refractivity contribution is 5.95. The third kappa shape index (κ3) is 5.49. The predicted molar refractivity (Wildman–Crippen MR) is 85.3 cm³/mol. The molecule has 0 atom stereocenters. The van der Waals surface area contributed by atoms with Crippen molar-refractivity contribution in [2.24, 2.45) is 11.7 Å². The molecule has 0 saturated carbocycles. The Balaban J connectivity index is 2.40. The third-order valence-electron chi connectivity index (χ3n) is 3.28. The molecule has 118 valence electrons. The Labute approximate surface area is 131 Å². The predicted octanol–water partition coefficient (Wildman–Crippen LogP) is 1.72. The van der Waals surface area contributed by atoms with E-state index in [1.165, 1.54) is 0 Å². The van der Waals surface area contributed by atoms with Gasteiger partial charge >= 0.3 is 0 Å². The fraction of sp³-hybridized carbons (Fsp3) is 0.412. The van der Waals surface area contributed by atoms with Crippen LogP contribution in [0.25, 0.3) is 0 Å². The molecule has 0 aliphatic heterocycles. The van der Waals surface area contributed by atoms with E-state index in [-0.39, 0.29) is 25.0 Å². The van der Waals surface area contributed by atoms with Gasteiger partial charge in [-0.15, -0.1) is 0 Å². The molecule has 5 nitrogen and oxygen atoms in total. The Kier molecular flexibility index (Phi) is 7.55. The molecule has 2 amide bonds. The summed E-state index contributed by atoms with van der Waals surface area (Å²) in [5.41, 5.74) is 5.58. The van der Waals surface area contributed by atoms with Crippen molar-refractivity contribution in [1.82, 2.24) is 5.32 Å². The van der Waals surface area contributed by atoms with Crippen molar-refractivity contribution >= 4 is 11.8 Å². The number of nitrogens with two attached hydrogens (primary N) is 1. The largest absolute Gasteiger partial charge is 0.480 e. The van der Waals surface area contributed by atoms with Gasteiger partial charge in [0, 0.05) is 5.92 Å². The topological polar surface area (TPSA) is 81.4 Å². The minimum Gasteiger partial charge on any atom is -0.480 e. The Bertz CT molecular complexity index is 569. The van der Waals surface area contributed by atoms with Crippen molar-refractivity contribution in [3.8, 4) is 17.6 Å². The zero-order valence-electron chi connectivity index (χ0n) is 13.0. The van der Waals surface area contributed by atoms with Crippen molar-refractivity contribution in [1.29, 1.82) is 0 Å². The second-order valence-corrected chi connectivity index (χ2v) is 4.73. The molecule has 3 N–H and O–H groups in total. The fourth-order valence-electron chi connectivity index (χ4n) is 1.96. The number of carbonyl (C=O) groups is 2. The van der Waals surface area contributed by atoms with Crippen molar-refractivity contribution in [2.75, 3.05) is 13.2 Å². The first-order valence-electron chi connectivity index (χ1n) is 7.35. The molecule has 0 aromatic heterocycles. The van der Waals surface area contributed by atoms with Crippen molar-refractivity contribution in [2.45, 2.75) is 26.7 Å². The molecule has 0 aliphatic carbocycles. The zero-order chi connectivity index (χ0) is 16.4. The molecule has 0 fully saturated rings. The van der Waals surface area contributed by atoms with Gasteiger partial charge in [0.25, 0.3) is 5.91 Å². The number of hydrogen-bond donors (Lipinski definition) is 2. The Hall–Kier alpha value is -2.48. The maximum Gasteiger partial charge on any atom is 0.252 e. The van der Waals surface area contributed by atoms with Crippen LogP contribution in [-0.4, -0.2) is 25.0 Å². The number of amides is 2. The molecule has 1 aromatic carbocycles. The summed E-state index contributed by atoms with van der Waals surface area (Å²) in [5, 5.41) is 2.77. The van der Waals surface area contributed by atoms with Crippen LogP contribution in [0.3, 0.4) is 0 Å². The van der Waals surface area contributed by atoms with Crippen LogP contribution in [0.15, 0.2) is 24.3 Å². The summed E-state index contributed by atoms with van der Waals surface area (Å²) >= 11 is 0. The van der Waals surface area contributed by atoms with Crippen LogP contribution >= 0.6 is 0 Å². The van der Waals surface area contributed by atoms with Crippen LogP contribution in [0, 0.1) is 17.8 Å². The van der Waals surface area contributed by atoms with Gasteiger partial charge in [0.2, 0.25) is 5.91 Å². The molecule has 5 heteroatoms. The standard InChI is InChI=1S/C17H22N2O3/c1-3-13(4-2)17(21)19-11-7-8-12-22-15-10-6-5-9-14(15)16(18)20/h5-6,9-10,13H,3-4,11-12H2,1-2H3,(H2,18,20)(H,19,21). The van der Waals surface area contributed by atoms with E-state index in [1.807, 2.05) is 13.8 Å². The normalized spacial score (nSPS) is 9.77. The summed E-state index contributed by atoms with van der Waals surface area (Å²) in [5.74, 6) is 5.54. The smallest absolute Gasteiger partial charge is 0.252 e. The van der Waals surface area contributed by atoms with Gasteiger partial charge in [-0.05, 0) is 25.0 Å². The van der Waals surface area contributed by atoms with Crippen LogP contribution in [-0.2, 0) is 4.79 Å². The maximum absolute atomic E-state index is 11.7. The van der Waals surface area contributed by atoms with E-state index >= 15 is 0 Å². The Morgan fingerprint density at radius 2 is 1.91 bits per heavy atom. The molecule has 22 heavy (non-hydrogen) atoms. The van der Waals surface area contributed by atoms with Crippen LogP contribution < -0.4 is 15.8 Å². The van der Waals surface area contributed by atoms with E-state index in [4.69, 9.17) is 10.5 Å². The van der Waals surface area contributed by atoms with E-state index in [0.717, 1.165) is 12.8 Å². The summed E-state index contributed by atoms with van der Waals surface area (Å²) in [4.78, 5) is 22.9.